The van der Waals surface area contributed by atoms with Crippen LogP contribution < -0.4 is 5.32 Å². The molecule has 2 rings (SSSR count). The molecule has 1 unspecified atom stereocenters. The van der Waals surface area contributed by atoms with Crippen molar-refractivity contribution >= 4 is 29.0 Å². The quantitative estimate of drug-likeness (QED) is 0.905. The Balaban J connectivity index is 1.97. The fourth-order valence-corrected chi connectivity index (χ4v) is 2.90. The number of rotatable bonds is 5. The molecule has 0 bridgehead atoms. The highest BCUT2D eigenvalue weighted by Crippen LogP contribution is 2.22. The van der Waals surface area contributed by atoms with Gasteiger partial charge in [0.25, 0.3) is 5.91 Å². The number of nitrogens with zero attached hydrogens (tertiary/aromatic N) is 3. The van der Waals surface area contributed by atoms with Crippen LogP contribution in [0.1, 0.15) is 21.4 Å². The number of nitrogens with one attached hydrogen (secondary N) is 1. The summed E-state index contributed by atoms with van der Waals surface area (Å²) in [5.41, 5.74) is 0.378. The first-order valence-corrected chi connectivity index (χ1v) is 7.05. The number of aromatic nitrogens is 2. The molecule has 0 aromatic carbocycles. The van der Waals surface area contributed by atoms with Crippen LogP contribution in [0.2, 0.25) is 0 Å². The van der Waals surface area contributed by atoms with E-state index in [1.807, 2.05) is 25.5 Å². The third kappa shape index (κ3) is 3.12. The molecule has 18 heavy (non-hydrogen) atoms. The average molecular weight is 282 g/mol. The van der Waals surface area contributed by atoms with Gasteiger partial charge in [0, 0.05) is 11.4 Å². The summed E-state index contributed by atoms with van der Waals surface area (Å²) in [5, 5.41) is 4.92. The fraction of sp³-hybridized carbons (Fsp3) is 0.364. The highest BCUT2D eigenvalue weighted by atomic mass is 32.1. The molecule has 5 nitrogen and oxygen atoms in total. The van der Waals surface area contributed by atoms with E-state index >= 15 is 0 Å². The molecule has 0 aliphatic rings. The van der Waals surface area contributed by atoms with Crippen molar-refractivity contribution in [2.75, 3.05) is 20.6 Å². The Labute approximate surface area is 114 Å². The zero-order chi connectivity index (χ0) is 13.0. The van der Waals surface area contributed by atoms with E-state index in [-0.39, 0.29) is 11.9 Å². The lowest BCUT2D eigenvalue weighted by molar-refractivity contribution is 0.0938. The monoisotopic (exact) mass is 282 g/mol. The number of hydrogen-bond donors (Lipinski definition) is 1. The Hall–Kier alpha value is -1.31. The molecule has 0 saturated carbocycles. The Morgan fingerprint density at radius 3 is 2.94 bits per heavy atom. The van der Waals surface area contributed by atoms with E-state index in [9.17, 15) is 4.79 Å². The summed E-state index contributed by atoms with van der Waals surface area (Å²) < 4.78 is 7.73. The number of amides is 1. The summed E-state index contributed by atoms with van der Waals surface area (Å²) in [7, 11) is 4.00. The van der Waals surface area contributed by atoms with E-state index in [0.29, 0.717) is 12.2 Å². The van der Waals surface area contributed by atoms with Gasteiger partial charge in [-0.05, 0) is 25.5 Å². The third-order valence-electron chi connectivity index (χ3n) is 2.54. The molecular weight excluding hydrogens is 268 g/mol. The van der Waals surface area contributed by atoms with Crippen molar-refractivity contribution in [1.82, 2.24) is 19.0 Å². The molecule has 2 aromatic rings. The molecule has 1 amide bonds. The minimum atomic E-state index is -0.174. The maximum absolute atomic E-state index is 11.8. The molecule has 0 saturated heterocycles. The first-order valence-electron chi connectivity index (χ1n) is 5.44. The first kappa shape index (κ1) is 13.1. The molecule has 0 radical (unpaired) electrons. The Bertz CT molecular complexity index is 481. The highest BCUT2D eigenvalue weighted by molar-refractivity contribution is 7.10. The Morgan fingerprint density at radius 1 is 1.56 bits per heavy atom. The van der Waals surface area contributed by atoms with Crippen molar-refractivity contribution in [1.29, 1.82) is 0 Å². The van der Waals surface area contributed by atoms with Gasteiger partial charge in [-0.25, -0.2) is 0 Å². The van der Waals surface area contributed by atoms with Gasteiger partial charge in [0.2, 0.25) is 0 Å². The van der Waals surface area contributed by atoms with Crippen LogP contribution >= 0.6 is 23.1 Å². The van der Waals surface area contributed by atoms with E-state index in [1.165, 1.54) is 11.1 Å². The standard InChI is InChI=1S/C11H14N4OS2/c1-15(2)9(10-4-3-5-17-10)7-12-11(16)8-6-13-18-14-8/h3-6,9H,7H2,1-2H3,(H,12,16). The normalized spacial score (nSPS) is 12.6. The van der Waals surface area contributed by atoms with Crippen molar-refractivity contribution in [3.05, 3.63) is 34.3 Å². The number of hydrogen-bond acceptors (Lipinski definition) is 6. The summed E-state index contributed by atoms with van der Waals surface area (Å²) in [5.74, 6) is -0.174. The average Bonchev–Trinajstić information content (AvgIpc) is 3.01. The highest BCUT2D eigenvalue weighted by Gasteiger charge is 2.17. The molecule has 0 spiro atoms. The van der Waals surface area contributed by atoms with Crippen LogP contribution in [-0.4, -0.2) is 40.2 Å². The lowest BCUT2D eigenvalue weighted by Crippen LogP contribution is -2.34. The molecule has 0 aliphatic heterocycles. The Morgan fingerprint density at radius 2 is 2.39 bits per heavy atom. The van der Waals surface area contributed by atoms with Crippen molar-refractivity contribution < 1.29 is 4.79 Å². The van der Waals surface area contributed by atoms with Crippen molar-refractivity contribution in [2.45, 2.75) is 6.04 Å². The van der Waals surface area contributed by atoms with Crippen LogP contribution in [0, 0.1) is 0 Å². The summed E-state index contributed by atoms with van der Waals surface area (Å²) >= 11 is 2.73. The maximum atomic E-state index is 11.8. The van der Waals surface area contributed by atoms with Gasteiger partial charge in [0.05, 0.1) is 24.0 Å². The zero-order valence-corrected chi connectivity index (χ0v) is 11.8. The van der Waals surface area contributed by atoms with Crippen molar-refractivity contribution in [3.63, 3.8) is 0 Å². The van der Waals surface area contributed by atoms with Gasteiger partial charge in [0.15, 0.2) is 5.69 Å². The predicted molar refractivity (Wildman–Crippen MR) is 73.0 cm³/mol. The van der Waals surface area contributed by atoms with Crippen LogP contribution in [0.15, 0.2) is 23.7 Å². The van der Waals surface area contributed by atoms with Gasteiger partial charge in [-0.3, -0.25) is 4.79 Å². The van der Waals surface area contributed by atoms with Crippen LogP contribution in [0.3, 0.4) is 0 Å². The van der Waals surface area contributed by atoms with E-state index < -0.39 is 0 Å². The smallest absolute Gasteiger partial charge is 0.272 e. The largest absolute Gasteiger partial charge is 0.349 e. The van der Waals surface area contributed by atoms with Crippen LogP contribution in [-0.2, 0) is 0 Å². The van der Waals surface area contributed by atoms with Gasteiger partial charge < -0.3 is 10.2 Å². The minimum absolute atomic E-state index is 0.174. The molecule has 2 aromatic heterocycles. The lowest BCUT2D eigenvalue weighted by atomic mass is 10.2. The molecule has 7 heteroatoms. The van der Waals surface area contributed by atoms with Gasteiger partial charge in [-0.15, -0.1) is 11.3 Å². The molecule has 1 atom stereocenters. The second-order valence-electron chi connectivity index (χ2n) is 4.00. The second kappa shape index (κ2) is 6.03. The minimum Gasteiger partial charge on any atom is -0.349 e. The fourth-order valence-electron chi connectivity index (χ4n) is 1.56. The van der Waals surface area contributed by atoms with Gasteiger partial charge >= 0.3 is 0 Å². The van der Waals surface area contributed by atoms with Gasteiger partial charge in [-0.1, -0.05) is 6.07 Å². The first-order chi connectivity index (χ1) is 8.68. The van der Waals surface area contributed by atoms with Gasteiger partial charge in [-0.2, -0.15) is 8.75 Å². The number of carbonyl (C=O) groups excluding carboxylic acids is 1. The molecule has 1 N–H and O–H groups in total. The van der Waals surface area contributed by atoms with Crippen molar-refractivity contribution in [2.24, 2.45) is 0 Å². The topological polar surface area (TPSA) is 58.1 Å². The maximum Gasteiger partial charge on any atom is 0.272 e. The van der Waals surface area contributed by atoms with Crippen LogP contribution in [0.5, 0.6) is 0 Å². The Kier molecular flexibility index (Phi) is 4.40. The van der Waals surface area contributed by atoms with Gasteiger partial charge in [0.1, 0.15) is 0 Å². The van der Waals surface area contributed by atoms with Crippen LogP contribution in [0.25, 0.3) is 0 Å². The van der Waals surface area contributed by atoms with Crippen LogP contribution in [0.4, 0.5) is 0 Å². The predicted octanol–water partition coefficient (Wildman–Crippen LogP) is 1.63. The lowest BCUT2D eigenvalue weighted by Gasteiger charge is -2.23. The van der Waals surface area contributed by atoms with E-state index in [4.69, 9.17) is 0 Å². The number of likely N-dealkylation sites (N-methyl/N-ethyl adjacent to an activating group) is 1. The molecule has 0 fully saturated rings. The summed E-state index contributed by atoms with van der Waals surface area (Å²) in [4.78, 5) is 15.1. The molecule has 0 aliphatic carbocycles. The summed E-state index contributed by atoms with van der Waals surface area (Å²) in [6.45, 7) is 0.559. The number of carbonyl (C=O) groups is 1. The van der Waals surface area contributed by atoms with E-state index in [1.54, 1.807) is 11.3 Å². The zero-order valence-electron chi connectivity index (χ0n) is 10.2. The summed E-state index contributed by atoms with van der Waals surface area (Å²) in [6, 6.07) is 4.27. The van der Waals surface area contributed by atoms with Crippen molar-refractivity contribution in [3.8, 4) is 0 Å². The summed E-state index contributed by atoms with van der Waals surface area (Å²) in [6.07, 6.45) is 1.48. The molecule has 96 valence electrons. The molecular formula is C11H14N4OS2. The second-order valence-corrected chi connectivity index (χ2v) is 5.53. The van der Waals surface area contributed by atoms with E-state index in [2.05, 4.69) is 25.0 Å². The number of thiophene rings is 1. The van der Waals surface area contributed by atoms with E-state index in [0.717, 1.165) is 11.7 Å². The third-order valence-corrected chi connectivity index (χ3v) is 4.00. The molecule has 2 heterocycles. The SMILES string of the molecule is CN(C)C(CNC(=O)c1cnsn1)c1cccs1.